The number of nitro groups is 1. The molecule has 4 nitrogen and oxygen atoms in total. The first kappa shape index (κ1) is 12.9. The van der Waals surface area contributed by atoms with Crippen LogP contribution in [0.3, 0.4) is 0 Å². The third-order valence-electron chi connectivity index (χ3n) is 2.46. The van der Waals surface area contributed by atoms with Crippen LogP contribution in [-0.2, 0) is 6.42 Å². The molecule has 0 aliphatic carbocycles. The number of nitrogens with zero attached hydrogens (tertiary/aromatic N) is 2. The molecule has 0 N–H and O–H groups in total. The second kappa shape index (κ2) is 5.25. The van der Waals surface area contributed by atoms with Crippen LogP contribution >= 0.6 is 11.6 Å². The van der Waals surface area contributed by atoms with E-state index >= 15 is 0 Å². The summed E-state index contributed by atoms with van der Waals surface area (Å²) in [7, 11) is 0. The minimum Gasteiger partial charge on any atom is -0.260 e. The predicted octanol–water partition coefficient (Wildman–Crippen LogP) is 3.10. The number of halogens is 1. The van der Waals surface area contributed by atoms with Gasteiger partial charge in [0.15, 0.2) is 0 Å². The molecule has 5 heteroatoms. The van der Waals surface area contributed by atoms with Gasteiger partial charge in [0.2, 0.25) is 0 Å². The molecule has 0 spiro atoms. The third-order valence-corrected chi connectivity index (χ3v) is 3.11. The van der Waals surface area contributed by atoms with Gasteiger partial charge in [-0.1, -0.05) is 13.8 Å². The van der Waals surface area contributed by atoms with Crippen molar-refractivity contribution in [3.63, 3.8) is 0 Å². The van der Waals surface area contributed by atoms with E-state index in [1.807, 2.05) is 13.8 Å². The number of aryl methyl sites for hydroxylation is 1. The number of alkyl halides is 1. The molecule has 1 heterocycles. The van der Waals surface area contributed by atoms with Crippen LogP contribution in [0.1, 0.15) is 25.1 Å². The number of pyridine rings is 1. The fourth-order valence-electron chi connectivity index (χ4n) is 1.30. The lowest BCUT2D eigenvalue weighted by Gasteiger charge is -2.12. The molecule has 0 aliphatic heterocycles. The van der Waals surface area contributed by atoms with Gasteiger partial charge in [0, 0.05) is 35.3 Å². The van der Waals surface area contributed by atoms with Gasteiger partial charge in [-0.15, -0.1) is 11.6 Å². The molecule has 16 heavy (non-hydrogen) atoms. The molecule has 1 unspecified atom stereocenters. The predicted molar refractivity (Wildman–Crippen MR) is 63.8 cm³/mol. The summed E-state index contributed by atoms with van der Waals surface area (Å²) in [6.07, 6.45) is 2.08. The highest BCUT2D eigenvalue weighted by molar-refractivity contribution is 6.20. The summed E-state index contributed by atoms with van der Waals surface area (Å²) in [5, 5.41) is 10.7. The summed E-state index contributed by atoms with van der Waals surface area (Å²) in [5.74, 6) is 0.323. The molecule has 88 valence electrons. The monoisotopic (exact) mass is 242 g/mol. The quantitative estimate of drug-likeness (QED) is 0.463. The lowest BCUT2D eigenvalue weighted by molar-refractivity contribution is -0.385. The van der Waals surface area contributed by atoms with Crippen molar-refractivity contribution in [3.8, 4) is 0 Å². The van der Waals surface area contributed by atoms with Gasteiger partial charge in [0.05, 0.1) is 4.92 Å². The van der Waals surface area contributed by atoms with Crippen LogP contribution in [0.25, 0.3) is 0 Å². The lowest BCUT2D eigenvalue weighted by Crippen LogP contribution is -2.12. The van der Waals surface area contributed by atoms with Gasteiger partial charge >= 0.3 is 0 Å². The van der Waals surface area contributed by atoms with Crippen molar-refractivity contribution >= 4 is 17.3 Å². The summed E-state index contributed by atoms with van der Waals surface area (Å²) in [4.78, 5) is 14.5. The maximum atomic E-state index is 10.7. The molecule has 0 radical (unpaired) electrons. The van der Waals surface area contributed by atoms with Gasteiger partial charge in [0.25, 0.3) is 5.69 Å². The van der Waals surface area contributed by atoms with Crippen LogP contribution in [0, 0.1) is 23.0 Å². The number of rotatable bonds is 4. The zero-order chi connectivity index (χ0) is 12.3. The largest absolute Gasteiger partial charge is 0.275 e. The maximum Gasteiger partial charge on any atom is 0.275 e. The normalized spacial score (nSPS) is 12.8. The van der Waals surface area contributed by atoms with E-state index in [9.17, 15) is 10.1 Å². The van der Waals surface area contributed by atoms with Crippen LogP contribution in [0.5, 0.6) is 0 Å². The van der Waals surface area contributed by atoms with Crippen LogP contribution in [-0.4, -0.2) is 15.3 Å². The van der Waals surface area contributed by atoms with E-state index in [1.165, 1.54) is 12.3 Å². The summed E-state index contributed by atoms with van der Waals surface area (Å²) < 4.78 is 0. The first-order valence-electron chi connectivity index (χ1n) is 5.15. The second-order valence-corrected chi connectivity index (χ2v) is 4.74. The Bertz CT molecular complexity index is 394. The van der Waals surface area contributed by atoms with Crippen LogP contribution in [0.15, 0.2) is 12.3 Å². The first-order chi connectivity index (χ1) is 7.41. The number of aromatic nitrogens is 1. The highest BCUT2D eigenvalue weighted by Crippen LogP contribution is 2.20. The van der Waals surface area contributed by atoms with E-state index < -0.39 is 0 Å². The molecule has 0 aliphatic rings. The van der Waals surface area contributed by atoms with Crippen molar-refractivity contribution in [1.29, 1.82) is 0 Å². The van der Waals surface area contributed by atoms with Crippen molar-refractivity contribution < 1.29 is 4.92 Å². The Morgan fingerprint density at radius 2 is 2.19 bits per heavy atom. The summed E-state index contributed by atoms with van der Waals surface area (Å²) in [5.41, 5.74) is 1.35. The van der Waals surface area contributed by atoms with Gasteiger partial charge in [-0.05, 0) is 12.8 Å². The highest BCUT2D eigenvalue weighted by atomic mass is 35.5. The van der Waals surface area contributed by atoms with Crippen LogP contribution in [0.4, 0.5) is 5.69 Å². The highest BCUT2D eigenvalue weighted by Gasteiger charge is 2.16. The Morgan fingerprint density at radius 3 is 2.69 bits per heavy atom. The Kier molecular flexibility index (Phi) is 4.24. The Morgan fingerprint density at radius 1 is 1.56 bits per heavy atom. The van der Waals surface area contributed by atoms with E-state index in [-0.39, 0.29) is 16.0 Å². The smallest absolute Gasteiger partial charge is 0.260 e. The van der Waals surface area contributed by atoms with E-state index in [1.54, 1.807) is 6.92 Å². The zero-order valence-electron chi connectivity index (χ0n) is 9.61. The van der Waals surface area contributed by atoms with Gasteiger partial charge in [-0.2, -0.15) is 0 Å². The molecule has 1 rings (SSSR count). The van der Waals surface area contributed by atoms with Crippen LogP contribution < -0.4 is 0 Å². The van der Waals surface area contributed by atoms with Gasteiger partial charge in [0.1, 0.15) is 0 Å². The van der Waals surface area contributed by atoms with Gasteiger partial charge in [-0.25, -0.2) is 0 Å². The lowest BCUT2D eigenvalue weighted by atomic mass is 10.0. The van der Waals surface area contributed by atoms with E-state index in [0.717, 1.165) is 0 Å². The minimum atomic E-state index is -0.390. The number of hydrogen-bond acceptors (Lipinski definition) is 3. The van der Waals surface area contributed by atoms with Crippen molar-refractivity contribution in [2.45, 2.75) is 32.6 Å². The molecule has 0 fully saturated rings. The number of hydrogen-bond donors (Lipinski definition) is 0. The maximum absolute atomic E-state index is 10.7. The van der Waals surface area contributed by atoms with Crippen molar-refractivity contribution in [3.05, 3.63) is 33.6 Å². The second-order valence-electron chi connectivity index (χ2n) is 4.18. The van der Waals surface area contributed by atoms with Gasteiger partial charge < -0.3 is 0 Å². The molecular weight excluding hydrogens is 228 g/mol. The molecule has 0 bridgehead atoms. The topological polar surface area (TPSA) is 56.0 Å². The van der Waals surface area contributed by atoms with Crippen LogP contribution in [0.2, 0.25) is 0 Å². The average molecular weight is 243 g/mol. The van der Waals surface area contributed by atoms with Crippen molar-refractivity contribution in [2.75, 3.05) is 0 Å². The fraction of sp³-hybridized carbons (Fsp3) is 0.545. The van der Waals surface area contributed by atoms with Gasteiger partial charge in [-0.3, -0.25) is 15.1 Å². The van der Waals surface area contributed by atoms with E-state index in [4.69, 9.17) is 11.6 Å². The average Bonchev–Trinajstić information content (AvgIpc) is 2.20. The summed E-state index contributed by atoms with van der Waals surface area (Å²) >= 11 is 6.11. The Labute approximate surface area is 99.8 Å². The Hall–Kier alpha value is -1.16. The standard InChI is InChI=1S/C11H15ClN2O2/c1-7(2)10(12)4-9-5-11(14(15)16)8(3)6-13-9/h5-7,10H,4H2,1-3H3. The molecule has 0 amide bonds. The Balaban J connectivity index is 2.91. The molecule has 0 aromatic carbocycles. The van der Waals surface area contributed by atoms with Crippen molar-refractivity contribution in [2.24, 2.45) is 5.92 Å². The molecule has 1 aromatic heterocycles. The zero-order valence-corrected chi connectivity index (χ0v) is 10.4. The molecule has 1 aromatic rings. The summed E-state index contributed by atoms with van der Waals surface area (Å²) in [6, 6.07) is 1.51. The molecule has 0 saturated carbocycles. The van der Waals surface area contributed by atoms with Crippen molar-refractivity contribution in [1.82, 2.24) is 4.98 Å². The minimum absolute atomic E-state index is 0.0465. The first-order valence-corrected chi connectivity index (χ1v) is 5.59. The molecule has 0 saturated heterocycles. The third kappa shape index (κ3) is 3.17. The van der Waals surface area contributed by atoms with E-state index in [2.05, 4.69) is 4.98 Å². The molecular formula is C11H15ClN2O2. The fourth-order valence-corrected chi connectivity index (χ4v) is 1.46. The SMILES string of the molecule is Cc1cnc(CC(Cl)C(C)C)cc1[N+](=O)[O-]. The molecule has 1 atom stereocenters. The summed E-state index contributed by atoms with van der Waals surface area (Å²) in [6.45, 7) is 5.70. The van der Waals surface area contributed by atoms with E-state index in [0.29, 0.717) is 23.6 Å².